The average Bonchev–Trinajstić information content (AvgIpc) is 2.15. The molecule has 0 unspecified atom stereocenters. The zero-order valence-corrected chi connectivity index (χ0v) is 8.68. The van der Waals surface area contributed by atoms with Crippen LogP contribution in [0.15, 0.2) is 29.2 Å². The Balaban J connectivity index is 3.07. The normalized spacial score (nSPS) is 11.3. The zero-order valence-electron chi connectivity index (χ0n) is 7.10. The lowest BCUT2D eigenvalue weighted by Gasteiger charge is -1.99. The summed E-state index contributed by atoms with van der Waals surface area (Å²) >= 11 is 5.32. The summed E-state index contributed by atoms with van der Waals surface area (Å²) in [4.78, 5) is 11.0. The van der Waals surface area contributed by atoms with Crippen LogP contribution in [0.5, 0.6) is 0 Å². The number of ketones is 1. The fraction of sp³-hybridized carbons (Fsp3) is 0.125. The molecule has 0 bridgehead atoms. The second-order valence-corrected chi connectivity index (χ2v) is 4.45. The summed E-state index contributed by atoms with van der Waals surface area (Å²) < 4.78 is 21.7. The fourth-order valence-electron chi connectivity index (χ4n) is 0.908. The second kappa shape index (κ2) is 4.08. The molecule has 1 aromatic rings. The topological polar surface area (TPSA) is 77.2 Å². The highest BCUT2D eigenvalue weighted by atomic mass is 35.5. The summed E-state index contributed by atoms with van der Waals surface area (Å²) in [6.07, 6.45) is 0. The van der Waals surface area contributed by atoms with E-state index in [1.807, 2.05) is 0 Å². The molecule has 0 atom stereocenters. The van der Waals surface area contributed by atoms with Crippen molar-refractivity contribution in [2.75, 3.05) is 5.88 Å². The maximum atomic E-state index is 11.1. The molecule has 0 heterocycles. The van der Waals surface area contributed by atoms with E-state index in [-0.39, 0.29) is 16.6 Å². The first-order chi connectivity index (χ1) is 6.45. The van der Waals surface area contributed by atoms with Crippen molar-refractivity contribution in [1.82, 2.24) is 0 Å². The smallest absolute Gasteiger partial charge is 0.238 e. The van der Waals surface area contributed by atoms with E-state index in [1.54, 1.807) is 0 Å². The molecule has 0 aliphatic heterocycles. The fourth-order valence-corrected chi connectivity index (χ4v) is 1.58. The molecule has 0 spiro atoms. The van der Waals surface area contributed by atoms with Gasteiger partial charge in [0.1, 0.15) is 0 Å². The van der Waals surface area contributed by atoms with Crippen molar-refractivity contribution in [1.29, 1.82) is 0 Å². The molecule has 0 saturated heterocycles. The van der Waals surface area contributed by atoms with Crippen LogP contribution < -0.4 is 5.14 Å². The molecule has 0 aliphatic rings. The van der Waals surface area contributed by atoms with E-state index < -0.39 is 10.0 Å². The molecule has 1 rings (SSSR count). The number of hydrogen-bond donors (Lipinski definition) is 1. The number of carbonyl (C=O) groups is 1. The van der Waals surface area contributed by atoms with E-state index in [0.717, 1.165) is 0 Å². The minimum atomic E-state index is -3.70. The molecule has 0 aliphatic carbocycles. The van der Waals surface area contributed by atoms with Crippen molar-refractivity contribution in [3.05, 3.63) is 29.8 Å². The van der Waals surface area contributed by atoms with E-state index in [0.29, 0.717) is 5.56 Å². The quantitative estimate of drug-likeness (QED) is 0.618. The Bertz CT molecular complexity index is 438. The molecular formula is C8H8ClNO3S. The van der Waals surface area contributed by atoms with Gasteiger partial charge in [-0.1, -0.05) is 12.1 Å². The van der Waals surface area contributed by atoms with Crippen molar-refractivity contribution < 1.29 is 13.2 Å². The first-order valence-corrected chi connectivity index (χ1v) is 5.75. The van der Waals surface area contributed by atoms with Gasteiger partial charge in [-0.2, -0.15) is 0 Å². The van der Waals surface area contributed by atoms with Crippen LogP contribution in [0.25, 0.3) is 0 Å². The van der Waals surface area contributed by atoms with Crippen molar-refractivity contribution in [3.8, 4) is 0 Å². The van der Waals surface area contributed by atoms with Crippen LogP contribution in [0.2, 0.25) is 0 Å². The first-order valence-electron chi connectivity index (χ1n) is 3.67. The van der Waals surface area contributed by atoms with Crippen molar-refractivity contribution in [2.45, 2.75) is 4.90 Å². The second-order valence-electron chi connectivity index (χ2n) is 2.63. The summed E-state index contributed by atoms with van der Waals surface area (Å²) in [7, 11) is -3.70. The van der Waals surface area contributed by atoms with Crippen LogP contribution in [-0.2, 0) is 10.0 Å². The standard InChI is InChI=1S/C8H8ClNO3S/c9-5-8(11)6-1-3-7(4-2-6)14(10,12)13/h1-4H,5H2,(H2,10,12,13). The monoisotopic (exact) mass is 233 g/mol. The average molecular weight is 234 g/mol. The number of nitrogens with two attached hydrogens (primary N) is 1. The third-order valence-electron chi connectivity index (χ3n) is 1.63. The highest BCUT2D eigenvalue weighted by Gasteiger charge is 2.09. The Hall–Kier alpha value is -0.910. The summed E-state index contributed by atoms with van der Waals surface area (Å²) in [6.45, 7) is 0. The highest BCUT2D eigenvalue weighted by Crippen LogP contribution is 2.09. The number of alkyl halides is 1. The molecular weight excluding hydrogens is 226 g/mol. The Morgan fingerprint density at radius 1 is 1.29 bits per heavy atom. The van der Waals surface area contributed by atoms with Gasteiger partial charge in [-0.05, 0) is 12.1 Å². The lowest BCUT2D eigenvalue weighted by atomic mass is 10.1. The molecule has 0 amide bonds. The van der Waals surface area contributed by atoms with Crippen molar-refractivity contribution >= 4 is 27.4 Å². The molecule has 0 fully saturated rings. The Kier molecular flexibility index (Phi) is 3.25. The number of primary sulfonamides is 1. The number of carbonyl (C=O) groups excluding carboxylic acids is 1. The molecule has 0 radical (unpaired) electrons. The number of Topliss-reactive ketones (excluding diaryl/α,β-unsaturated/α-hetero) is 1. The lowest BCUT2D eigenvalue weighted by molar-refractivity contribution is 0.102. The van der Waals surface area contributed by atoms with Gasteiger partial charge in [-0.25, -0.2) is 13.6 Å². The summed E-state index contributed by atoms with van der Waals surface area (Å²) in [6, 6.07) is 5.30. The van der Waals surface area contributed by atoms with Crippen LogP contribution in [0.4, 0.5) is 0 Å². The molecule has 0 saturated carbocycles. The number of hydrogen-bond acceptors (Lipinski definition) is 3. The van der Waals surface area contributed by atoms with Gasteiger partial charge in [0.15, 0.2) is 5.78 Å². The van der Waals surface area contributed by atoms with Crippen LogP contribution in [0.1, 0.15) is 10.4 Å². The van der Waals surface area contributed by atoms with Crippen LogP contribution in [0.3, 0.4) is 0 Å². The van der Waals surface area contributed by atoms with E-state index in [4.69, 9.17) is 16.7 Å². The Morgan fingerprint density at radius 3 is 2.14 bits per heavy atom. The van der Waals surface area contributed by atoms with Gasteiger partial charge in [0.05, 0.1) is 10.8 Å². The molecule has 76 valence electrons. The molecule has 2 N–H and O–H groups in total. The number of benzene rings is 1. The van der Waals surface area contributed by atoms with Crippen molar-refractivity contribution in [3.63, 3.8) is 0 Å². The third-order valence-corrected chi connectivity index (χ3v) is 2.80. The molecule has 0 aromatic heterocycles. The van der Waals surface area contributed by atoms with Gasteiger partial charge in [0, 0.05) is 5.56 Å². The van der Waals surface area contributed by atoms with E-state index in [9.17, 15) is 13.2 Å². The zero-order chi connectivity index (χ0) is 10.8. The van der Waals surface area contributed by atoms with Crippen molar-refractivity contribution in [2.24, 2.45) is 5.14 Å². The van der Waals surface area contributed by atoms with Crippen LogP contribution >= 0.6 is 11.6 Å². The van der Waals surface area contributed by atoms with Gasteiger partial charge >= 0.3 is 0 Å². The van der Waals surface area contributed by atoms with E-state index in [1.165, 1.54) is 24.3 Å². The molecule has 14 heavy (non-hydrogen) atoms. The van der Waals surface area contributed by atoms with Crippen LogP contribution in [-0.4, -0.2) is 20.1 Å². The van der Waals surface area contributed by atoms with Gasteiger partial charge in [-0.15, -0.1) is 11.6 Å². The predicted octanol–water partition coefficient (Wildman–Crippen LogP) is 0.756. The number of halogens is 1. The molecule has 6 heteroatoms. The number of sulfonamides is 1. The van der Waals surface area contributed by atoms with Crippen LogP contribution in [0, 0.1) is 0 Å². The lowest BCUT2D eigenvalue weighted by Crippen LogP contribution is -2.12. The summed E-state index contributed by atoms with van der Waals surface area (Å²) in [5.41, 5.74) is 0.368. The van der Waals surface area contributed by atoms with Gasteiger partial charge in [0.2, 0.25) is 10.0 Å². The largest absolute Gasteiger partial charge is 0.293 e. The first kappa shape index (κ1) is 11.2. The van der Waals surface area contributed by atoms with E-state index >= 15 is 0 Å². The minimum absolute atomic E-state index is 0.0244. The SMILES string of the molecule is NS(=O)(=O)c1ccc(C(=O)CCl)cc1. The summed E-state index contributed by atoms with van der Waals surface area (Å²) in [5.74, 6) is -0.387. The maximum Gasteiger partial charge on any atom is 0.238 e. The highest BCUT2D eigenvalue weighted by molar-refractivity contribution is 7.89. The van der Waals surface area contributed by atoms with Gasteiger partial charge in [-0.3, -0.25) is 4.79 Å². The molecule has 1 aromatic carbocycles. The number of rotatable bonds is 3. The third kappa shape index (κ3) is 2.54. The summed E-state index contributed by atoms with van der Waals surface area (Å²) in [5, 5.41) is 4.88. The molecule has 4 nitrogen and oxygen atoms in total. The predicted molar refractivity (Wildman–Crippen MR) is 52.9 cm³/mol. The minimum Gasteiger partial charge on any atom is -0.293 e. The van der Waals surface area contributed by atoms with Gasteiger partial charge in [0.25, 0.3) is 0 Å². The Morgan fingerprint density at radius 2 is 1.79 bits per heavy atom. The van der Waals surface area contributed by atoms with E-state index in [2.05, 4.69) is 0 Å². The van der Waals surface area contributed by atoms with Gasteiger partial charge < -0.3 is 0 Å². The Labute approximate surface area is 86.7 Å². The maximum absolute atomic E-state index is 11.1.